The molecule has 0 heterocycles. The fraction of sp³-hybridized carbons (Fsp3) is 0.250. The summed E-state index contributed by atoms with van der Waals surface area (Å²) in [5.41, 5.74) is 0.362. The number of benzene rings is 2. The molecule has 0 saturated heterocycles. The highest BCUT2D eigenvalue weighted by Gasteiger charge is 2.23. The summed E-state index contributed by atoms with van der Waals surface area (Å²) in [5, 5.41) is 29.5. The number of Topliss-reactive ketones (excluding diaryl/α,β-unsaturated/α-hetero) is 1. The molecule has 0 radical (unpaired) electrons. The molecule has 0 amide bonds. The van der Waals surface area contributed by atoms with E-state index in [0.29, 0.717) is 11.8 Å². The quantitative estimate of drug-likeness (QED) is 0.487. The summed E-state index contributed by atoms with van der Waals surface area (Å²) >= 11 is 0. The SMILES string of the molecule is COc1cc(C)c(C(=O)COc2cc(C)c(C(=O)O)c(O)c2C)c(O)c1C=O. The lowest BCUT2D eigenvalue weighted by Gasteiger charge is -2.15. The van der Waals surface area contributed by atoms with Gasteiger partial charge in [0.1, 0.15) is 28.6 Å². The number of carboxylic acid groups (broad SMARTS) is 1. The molecule has 0 saturated carbocycles. The highest BCUT2D eigenvalue weighted by atomic mass is 16.5. The second-order valence-electron chi connectivity index (χ2n) is 6.21. The fourth-order valence-electron chi connectivity index (χ4n) is 2.92. The monoisotopic (exact) mass is 388 g/mol. The normalized spacial score (nSPS) is 10.4. The molecule has 0 aromatic heterocycles. The molecule has 2 rings (SSSR count). The van der Waals surface area contributed by atoms with Gasteiger partial charge in [0.05, 0.1) is 18.2 Å². The maximum Gasteiger partial charge on any atom is 0.339 e. The van der Waals surface area contributed by atoms with Gasteiger partial charge in [0.2, 0.25) is 5.78 Å². The Hall–Kier alpha value is -3.55. The minimum absolute atomic E-state index is 0.0800. The zero-order valence-corrected chi connectivity index (χ0v) is 15.8. The zero-order valence-electron chi connectivity index (χ0n) is 15.8. The Morgan fingerprint density at radius 1 is 1.00 bits per heavy atom. The first-order valence-corrected chi connectivity index (χ1v) is 8.22. The molecule has 0 aliphatic carbocycles. The van der Waals surface area contributed by atoms with E-state index in [1.165, 1.54) is 33.1 Å². The topological polar surface area (TPSA) is 130 Å². The van der Waals surface area contributed by atoms with E-state index in [1.54, 1.807) is 6.92 Å². The predicted molar refractivity (Wildman–Crippen MR) is 99.1 cm³/mol. The number of ether oxygens (including phenoxy) is 2. The molecule has 0 bridgehead atoms. The van der Waals surface area contributed by atoms with E-state index in [2.05, 4.69) is 0 Å². The Morgan fingerprint density at radius 3 is 2.11 bits per heavy atom. The van der Waals surface area contributed by atoms with E-state index < -0.39 is 29.9 Å². The number of aromatic carboxylic acids is 1. The Morgan fingerprint density at radius 2 is 1.57 bits per heavy atom. The van der Waals surface area contributed by atoms with Crippen LogP contribution in [0.5, 0.6) is 23.0 Å². The van der Waals surface area contributed by atoms with Crippen LogP contribution in [0.3, 0.4) is 0 Å². The van der Waals surface area contributed by atoms with E-state index in [9.17, 15) is 24.6 Å². The van der Waals surface area contributed by atoms with Gasteiger partial charge >= 0.3 is 5.97 Å². The minimum atomic E-state index is -1.28. The first-order chi connectivity index (χ1) is 13.1. The smallest absolute Gasteiger partial charge is 0.339 e. The standard InChI is InChI=1S/C20H20O8/c1-9-6-15(27-4)12(7-21)19(24)16(9)13(22)8-28-14-5-10(2)17(20(25)26)18(23)11(14)3/h5-7,23-24H,8H2,1-4H3,(H,25,26). The van der Waals surface area contributed by atoms with Crippen LogP contribution in [0.15, 0.2) is 12.1 Å². The van der Waals surface area contributed by atoms with Crippen LogP contribution in [0.25, 0.3) is 0 Å². The zero-order chi connectivity index (χ0) is 21.2. The van der Waals surface area contributed by atoms with Gasteiger partial charge in [-0.3, -0.25) is 9.59 Å². The first-order valence-electron chi connectivity index (χ1n) is 8.22. The van der Waals surface area contributed by atoms with E-state index in [4.69, 9.17) is 14.6 Å². The third kappa shape index (κ3) is 3.62. The summed E-state index contributed by atoms with van der Waals surface area (Å²) in [7, 11) is 1.34. The maximum absolute atomic E-state index is 12.6. The minimum Gasteiger partial charge on any atom is -0.507 e. The third-order valence-electron chi connectivity index (χ3n) is 4.39. The Kier molecular flexibility index (Phi) is 5.93. The average Bonchev–Trinajstić information content (AvgIpc) is 2.62. The van der Waals surface area contributed by atoms with Crippen LogP contribution in [0.2, 0.25) is 0 Å². The second-order valence-corrected chi connectivity index (χ2v) is 6.21. The van der Waals surface area contributed by atoms with Crippen molar-refractivity contribution in [3.05, 3.63) is 45.5 Å². The van der Waals surface area contributed by atoms with E-state index in [-0.39, 0.29) is 39.3 Å². The molecule has 3 N–H and O–H groups in total. The molecule has 0 unspecified atom stereocenters. The summed E-state index contributed by atoms with van der Waals surface area (Å²) in [6, 6.07) is 2.86. The molecule has 28 heavy (non-hydrogen) atoms. The fourth-order valence-corrected chi connectivity index (χ4v) is 2.92. The second kappa shape index (κ2) is 7.99. The molecule has 0 fully saturated rings. The predicted octanol–water partition coefficient (Wildman–Crippen LogP) is 2.80. The molecule has 148 valence electrons. The number of aryl methyl sites for hydroxylation is 2. The van der Waals surface area contributed by atoms with E-state index >= 15 is 0 Å². The Balaban J connectivity index is 2.36. The van der Waals surface area contributed by atoms with E-state index in [1.807, 2.05) is 0 Å². The van der Waals surface area contributed by atoms with Crippen LogP contribution in [-0.4, -0.2) is 47.1 Å². The van der Waals surface area contributed by atoms with Crippen molar-refractivity contribution in [2.75, 3.05) is 13.7 Å². The van der Waals surface area contributed by atoms with Crippen LogP contribution < -0.4 is 9.47 Å². The van der Waals surface area contributed by atoms with Gasteiger partial charge in [0, 0.05) is 5.56 Å². The summed E-state index contributed by atoms with van der Waals surface area (Å²) in [5.74, 6) is -2.54. The molecule has 0 aliphatic heterocycles. The summed E-state index contributed by atoms with van der Waals surface area (Å²) in [6.45, 7) is 4.03. The van der Waals surface area contributed by atoms with Gasteiger partial charge in [-0.1, -0.05) is 0 Å². The Bertz CT molecular complexity index is 975. The molecule has 2 aromatic rings. The number of carbonyl (C=O) groups is 3. The molecule has 0 aliphatic rings. The van der Waals surface area contributed by atoms with Gasteiger partial charge in [-0.2, -0.15) is 0 Å². The van der Waals surface area contributed by atoms with Gasteiger partial charge in [0.25, 0.3) is 0 Å². The number of ketones is 1. The maximum atomic E-state index is 12.6. The molecule has 8 nitrogen and oxygen atoms in total. The number of methoxy groups -OCH3 is 1. The van der Waals surface area contributed by atoms with Crippen molar-refractivity contribution in [3.63, 3.8) is 0 Å². The largest absolute Gasteiger partial charge is 0.507 e. The number of aldehydes is 1. The molecular formula is C20H20O8. The van der Waals surface area contributed by atoms with Crippen LogP contribution in [0.1, 0.15) is 47.8 Å². The highest BCUT2D eigenvalue weighted by molar-refractivity contribution is 6.04. The van der Waals surface area contributed by atoms with Crippen molar-refractivity contribution >= 4 is 18.0 Å². The van der Waals surface area contributed by atoms with Gasteiger partial charge < -0.3 is 24.8 Å². The average molecular weight is 388 g/mol. The number of hydrogen-bond acceptors (Lipinski definition) is 7. The summed E-state index contributed by atoms with van der Waals surface area (Å²) < 4.78 is 10.5. The van der Waals surface area contributed by atoms with Crippen LogP contribution in [-0.2, 0) is 0 Å². The lowest BCUT2D eigenvalue weighted by Crippen LogP contribution is -2.15. The number of carboxylic acids is 1. The number of rotatable bonds is 7. The molecular weight excluding hydrogens is 368 g/mol. The van der Waals surface area contributed by atoms with Gasteiger partial charge in [-0.25, -0.2) is 4.79 Å². The lowest BCUT2D eigenvalue weighted by molar-refractivity contribution is 0.0691. The molecule has 8 heteroatoms. The van der Waals surface area contributed by atoms with Crippen molar-refractivity contribution in [2.24, 2.45) is 0 Å². The number of phenols is 2. The van der Waals surface area contributed by atoms with Crippen molar-refractivity contribution in [2.45, 2.75) is 20.8 Å². The van der Waals surface area contributed by atoms with Crippen molar-refractivity contribution in [1.29, 1.82) is 0 Å². The van der Waals surface area contributed by atoms with Crippen molar-refractivity contribution in [1.82, 2.24) is 0 Å². The lowest BCUT2D eigenvalue weighted by atomic mass is 9.99. The van der Waals surface area contributed by atoms with Crippen LogP contribution in [0.4, 0.5) is 0 Å². The highest BCUT2D eigenvalue weighted by Crippen LogP contribution is 2.35. The van der Waals surface area contributed by atoms with Crippen molar-refractivity contribution in [3.8, 4) is 23.0 Å². The first kappa shape index (κ1) is 20.8. The molecule has 0 atom stereocenters. The number of phenolic OH excluding ortho intramolecular Hbond substituents is 1. The molecule has 2 aromatic carbocycles. The van der Waals surface area contributed by atoms with Gasteiger partial charge in [-0.05, 0) is 44.0 Å². The van der Waals surface area contributed by atoms with Crippen molar-refractivity contribution < 1.29 is 39.2 Å². The third-order valence-corrected chi connectivity index (χ3v) is 4.39. The molecule has 0 spiro atoms. The van der Waals surface area contributed by atoms with Crippen LogP contribution >= 0.6 is 0 Å². The van der Waals surface area contributed by atoms with Crippen LogP contribution in [0, 0.1) is 20.8 Å². The summed E-state index contributed by atoms with van der Waals surface area (Å²) in [4.78, 5) is 35.0. The number of carbonyl (C=O) groups excluding carboxylic acids is 2. The number of aromatic hydroxyl groups is 2. The summed E-state index contributed by atoms with van der Waals surface area (Å²) in [6.07, 6.45) is 0.390. The van der Waals surface area contributed by atoms with Gasteiger partial charge in [0.15, 0.2) is 12.9 Å². The van der Waals surface area contributed by atoms with E-state index in [0.717, 1.165) is 0 Å². The number of hydrogen-bond donors (Lipinski definition) is 3. The van der Waals surface area contributed by atoms with Gasteiger partial charge in [-0.15, -0.1) is 0 Å². The Labute approximate surface area is 161 Å².